The first kappa shape index (κ1) is 18.2. The third-order valence-electron chi connectivity index (χ3n) is 4.03. The van der Waals surface area contributed by atoms with Crippen LogP contribution in [0.25, 0.3) is 10.8 Å². The lowest BCUT2D eigenvalue weighted by molar-refractivity contribution is -0.121. The van der Waals surface area contributed by atoms with E-state index in [0.717, 1.165) is 16.3 Å². The molecule has 0 bridgehead atoms. The van der Waals surface area contributed by atoms with Gasteiger partial charge < -0.3 is 4.74 Å². The monoisotopic (exact) mass is 360 g/mol. The quantitative estimate of drug-likeness (QED) is 0.523. The summed E-state index contributed by atoms with van der Waals surface area (Å²) in [6, 6.07) is 20.3. The number of rotatable bonds is 6. The summed E-state index contributed by atoms with van der Waals surface area (Å²) >= 11 is 0. The highest BCUT2D eigenvalue weighted by atomic mass is 16.5. The van der Waals surface area contributed by atoms with E-state index in [2.05, 4.69) is 17.4 Å². The van der Waals surface area contributed by atoms with Gasteiger partial charge in [-0.3, -0.25) is 20.4 Å². The van der Waals surface area contributed by atoms with Gasteiger partial charge in [-0.1, -0.05) is 55.1 Å². The SMILES string of the molecule is C=CCOc1ccc(C(=O)NNC(=O)Cc2cccc3ccccc23)cc1. The van der Waals surface area contributed by atoms with Crippen molar-refractivity contribution in [3.63, 3.8) is 0 Å². The molecule has 3 rings (SSSR count). The van der Waals surface area contributed by atoms with Crippen molar-refractivity contribution in [1.82, 2.24) is 10.9 Å². The highest BCUT2D eigenvalue weighted by Crippen LogP contribution is 2.18. The molecule has 0 heterocycles. The maximum absolute atomic E-state index is 12.2. The van der Waals surface area contributed by atoms with Gasteiger partial charge in [-0.2, -0.15) is 0 Å². The highest BCUT2D eigenvalue weighted by Gasteiger charge is 2.10. The summed E-state index contributed by atoms with van der Waals surface area (Å²) in [4.78, 5) is 24.4. The van der Waals surface area contributed by atoms with Crippen molar-refractivity contribution >= 4 is 22.6 Å². The molecule has 0 unspecified atom stereocenters. The second kappa shape index (κ2) is 8.67. The van der Waals surface area contributed by atoms with Gasteiger partial charge in [-0.15, -0.1) is 0 Å². The van der Waals surface area contributed by atoms with Gasteiger partial charge in [0.25, 0.3) is 5.91 Å². The first-order chi connectivity index (χ1) is 13.2. The molecule has 0 aliphatic carbocycles. The lowest BCUT2D eigenvalue weighted by Crippen LogP contribution is -2.42. The second-order valence-electron chi connectivity index (χ2n) is 5.94. The molecule has 0 atom stereocenters. The van der Waals surface area contributed by atoms with Crippen molar-refractivity contribution in [1.29, 1.82) is 0 Å². The van der Waals surface area contributed by atoms with Crippen LogP contribution in [0.15, 0.2) is 79.4 Å². The zero-order valence-corrected chi connectivity index (χ0v) is 14.8. The molecule has 3 aromatic carbocycles. The summed E-state index contributed by atoms with van der Waals surface area (Å²) in [5, 5.41) is 2.10. The number of fused-ring (bicyclic) bond motifs is 1. The van der Waals surface area contributed by atoms with E-state index in [1.54, 1.807) is 30.3 Å². The number of carbonyl (C=O) groups is 2. The number of hydrazine groups is 1. The van der Waals surface area contributed by atoms with Crippen molar-refractivity contribution in [3.8, 4) is 5.75 Å². The van der Waals surface area contributed by atoms with Gasteiger partial charge in [0.05, 0.1) is 6.42 Å². The number of amides is 2. The first-order valence-electron chi connectivity index (χ1n) is 8.57. The molecule has 0 aliphatic heterocycles. The van der Waals surface area contributed by atoms with E-state index in [0.29, 0.717) is 17.9 Å². The number of hydrogen-bond acceptors (Lipinski definition) is 3. The van der Waals surface area contributed by atoms with Crippen LogP contribution in [0.2, 0.25) is 0 Å². The highest BCUT2D eigenvalue weighted by molar-refractivity contribution is 5.96. The Balaban J connectivity index is 1.57. The molecule has 2 amide bonds. The lowest BCUT2D eigenvalue weighted by Gasteiger charge is -2.10. The molecule has 5 heteroatoms. The van der Waals surface area contributed by atoms with E-state index in [4.69, 9.17) is 4.74 Å². The molecular weight excluding hydrogens is 340 g/mol. The maximum atomic E-state index is 12.2. The minimum Gasteiger partial charge on any atom is -0.490 e. The van der Waals surface area contributed by atoms with Gasteiger partial charge in [0.2, 0.25) is 5.91 Å². The largest absolute Gasteiger partial charge is 0.490 e. The fourth-order valence-electron chi connectivity index (χ4n) is 2.72. The maximum Gasteiger partial charge on any atom is 0.269 e. The minimum absolute atomic E-state index is 0.177. The van der Waals surface area contributed by atoms with Crippen LogP contribution in [-0.2, 0) is 11.2 Å². The van der Waals surface area contributed by atoms with E-state index >= 15 is 0 Å². The molecule has 136 valence electrons. The molecule has 0 spiro atoms. The molecule has 0 radical (unpaired) electrons. The Morgan fingerprint density at radius 1 is 0.926 bits per heavy atom. The van der Waals surface area contributed by atoms with Gasteiger partial charge >= 0.3 is 0 Å². The average molecular weight is 360 g/mol. The van der Waals surface area contributed by atoms with Crippen LogP contribution in [0, 0.1) is 0 Å². The third kappa shape index (κ3) is 4.73. The first-order valence-corrected chi connectivity index (χ1v) is 8.57. The molecule has 2 N–H and O–H groups in total. The zero-order valence-electron chi connectivity index (χ0n) is 14.8. The van der Waals surface area contributed by atoms with E-state index in [1.807, 2.05) is 42.5 Å². The van der Waals surface area contributed by atoms with E-state index in [-0.39, 0.29) is 12.3 Å². The Morgan fingerprint density at radius 2 is 1.67 bits per heavy atom. The molecule has 5 nitrogen and oxygen atoms in total. The molecule has 0 aromatic heterocycles. The Bertz CT molecular complexity index is 959. The second-order valence-corrected chi connectivity index (χ2v) is 5.94. The normalized spacial score (nSPS) is 10.2. The molecule has 0 saturated heterocycles. The Kier molecular flexibility index (Phi) is 5.84. The molecule has 0 fully saturated rings. The van der Waals surface area contributed by atoms with Crippen LogP contribution < -0.4 is 15.6 Å². The smallest absolute Gasteiger partial charge is 0.269 e. The third-order valence-corrected chi connectivity index (χ3v) is 4.03. The van der Waals surface area contributed by atoms with Crippen molar-refractivity contribution in [2.45, 2.75) is 6.42 Å². The van der Waals surface area contributed by atoms with E-state index < -0.39 is 5.91 Å². The summed E-state index contributed by atoms with van der Waals surface area (Å²) in [7, 11) is 0. The molecule has 27 heavy (non-hydrogen) atoms. The molecule has 3 aromatic rings. The van der Waals surface area contributed by atoms with Crippen LogP contribution >= 0.6 is 0 Å². The number of nitrogens with one attached hydrogen (secondary N) is 2. The standard InChI is InChI=1S/C22H20N2O3/c1-2-14-27-19-12-10-17(11-13-19)22(26)24-23-21(25)15-18-8-5-7-16-6-3-4-9-20(16)18/h2-13H,1,14-15H2,(H,23,25)(H,24,26). The van der Waals surface area contributed by atoms with Crippen molar-refractivity contribution < 1.29 is 14.3 Å². The van der Waals surface area contributed by atoms with E-state index in [9.17, 15) is 9.59 Å². The van der Waals surface area contributed by atoms with Gasteiger partial charge in [0.1, 0.15) is 12.4 Å². The fourth-order valence-corrected chi connectivity index (χ4v) is 2.72. The van der Waals surface area contributed by atoms with Crippen LogP contribution in [0.4, 0.5) is 0 Å². The summed E-state index contributed by atoms with van der Waals surface area (Å²) in [5.41, 5.74) is 6.22. The zero-order chi connectivity index (χ0) is 19.1. The number of carbonyl (C=O) groups excluding carboxylic acids is 2. The molecule has 0 aliphatic rings. The lowest BCUT2D eigenvalue weighted by atomic mass is 10.0. The molecular formula is C22H20N2O3. The van der Waals surface area contributed by atoms with Gasteiger partial charge in [0.15, 0.2) is 0 Å². The van der Waals surface area contributed by atoms with E-state index in [1.165, 1.54) is 0 Å². The van der Waals surface area contributed by atoms with Crippen molar-refractivity contribution in [3.05, 3.63) is 90.5 Å². The van der Waals surface area contributed by atoms with Crippen LogP contribution in [0.3, 0.4) is 0 Å². The van der Waals surface area contributed by atoms with Gasteiger partial charge in [-0.25, -0.2) is 0 Å². The van der Waals surface area contributed by atoms with Crippen LogP contribution in [0.1, 0.15) is 15.9 Å². The summed E-state index contributed by atoms with van der Waals surface area (Å²) in [6.45, 7) is 3.98. The summed E-state index contributed by atoms with van der Waals surface area (Å²) < 4.78 is 5.37. The summed E-state index contributed by atoms with van der Waals surface area (Å²) in [5.74, 6) is -0.0337. The Morgan fingerprint density at radius 3 is 2.44 bits per heavy atom. The minimum atomic E-state index is -0.392. The predicted octanol–water partition coefficient (Wildman–Crippen LogP) is 3.41. The average Bonchev–Trinajstić information content (AvgIpc) is 2.71. The van der Waals surface area contributed by atoms with Crippen molar-refractivity contribution in [2.24, 2.45) is 0 Å². The van der Waals surface area contributed by atoms with Gasteiger partial charge in [0, 0.05) is 5.56 Å². The number of hydrogen-bond donors (Lipinski definition) is 2. The van der Waals surface area contributed by atoms with Gasteiger partial charge in [-0.05, 0) is 40.6 Å². The summed E-state index contributed by atoms with van der Waals surface area (Å²) in [6.07, 6.45) is 1.82. The predicted molar refractivity (Wildman–Crippen MR) is 105 cm³/mol. The Hall–Kier alpha value is -3.60. The van der Waals surface area contributed by atoms with Crippen LogP contribution in [-0.4, -0.2) is 18.4 Å². The van der Waals surface area contributed by atoms with Crippen molar-refractivity contribution in [2.75, 3.05) is 6.61 Å². The molecule has 0 saturated carbocycles. The number of benzene rings is 3. The number of ether oxygens (including phenoxy) is 1. The fraction of sp³-hybridized carbons (Fsp3) is 0.0909. The topological polar surface area (TPSA) is 67.4 Å². The Labute approximate surface area is 157 Å². The van der Waals surface area contributed by atoms with Crippen LogP contribution in [0.5, 0.6) is 5.75 Å².